The molecular weight excluding hydrogens is 355 g/mol. The summed E-state index contributed by atoms with van der Waals surface area (Å²) in [5, 5.41) is 15.5. The molecule has 1 atom stereocenters. The maximum absolute atomic E-state index is 12.5. The second kappa shape index (κ2) is 9.07. The Labute approximate surface area is 148 Å². The lowest BCUT2D eigenvalue weighted by molar-refractivity contribution is -0.138. The van der Waals surface area contributed by atoms with Crippen LogP contribution in [0.3, 0.4) is 0 Å². The van der Waals surface area contributed by atoms with Gasteiger partial charge in [0.15, 0.2) is 0 Å². The number of urea groups is 1. The van der Waals surface area contributed by atoms with Crippen molar-refractivity contribution < 1.29 is 32.7 Å². The molecule has 0 saturated carbocycles. The van der Waals surface area contributed by atoms with Crippen molar-refractivity contribution in [2.24, 2.45) is 5.92 Å². The highest BCUT2D eigenvalue weighted by Gasteiger charge is 2.30. The van der Waals surface area contributed by atoms with Crippen LogP contribution in [0.25, 0.3) is 0 Å². The number of carboxylic acid groups (broad SMARTS) is 1. The lowest BCUT2D eigenvalue weighted by atomic mass is 10.0. The quantitative estimate of drug-likeness (QED) is 0.587. The van der Waals surface area contributed by atoms with Gasteiger partial charge in [-0.25, -0.2) is 4.79 Å². The highest BCUT2D eigenvalue weighted by atomic mass is 19.4. The van der Waals surface area contributed by atoms with Crippen LogP contribution in [-0.4, -0.2) is 35.6 Å². The topological polar surface area (TPSA) is 108 Å². The van der Waals surface area contributed by atoms with Crippen LogP contribution < -0.4 is 16.0 Å². The highest BCUT2D eigenvalue weighted by molar-refractivity contribution is 5.94. The van der Waals surface area contributed by atoms with Crippen LogP contribution in [0.5, 0.6) is 0 Å². The van der Waals surface area contributed by atoms with Gasteiger partial charge in [0.25, 0.3) is 0 Å². The van der Waals surface area contributed by atoms with E-state index in [2.05, 4.69) is 16.0 Å². The van der Waals surface area contributed by atoms with E-state index in [-0.39, 0.29) is 18.0 Å². The van der Waals surface area contributed by atoms with Gasteiger partial charge in [-0.15, -0.1) is 0 Å². The molecule has 0 heterocycles. The molecule has 10 heteroatoms. The van der Waals surface area contributed by atoms with Gasteiger partial charge in [-0.1, -0.05) is 13.8 Å². The van der Waals surface area contributed by atoms with Gasteiger partial charge in [-0.05, 0) is 36.6 Å². The van der Waals surface area contributed by atoms with Crippen LogP contribution in [0, 0.1) is 5.92 Å². The van der Waals surface area contributed by atoms with Gasteiger partial charge in [0, 0.05) is 5.69 Å². The van der Waals surface area contributed by atoms with Crippen molar-refractivity contribution in [3.05, 3.63) is 29.8 Å². The maximum Gasteiger partial charge on any atom is 0.416 e. The van der Waals surface area contributed by atoms with Gasteiger partial charge < -0.3 is 21.1 Å². The van der Waals surface area contributed by atoms with Crippen LogP contribution in [0.2, 0.25) is 0 Å². The average molecular weight is 375 g/mol. The molecule has 3 amide bonds. The van der Waals surface area contributed by atoms with E-state index >= 15 is 0 Å². The Kier molecular flexibility index (Phi) is 7.41. The average Bonchev–Trinajstić information content (AvgIpc) is 2.51. The highest BCUT2D eigenvalue weighted by Crippen LogP contribution is 2.29. The molecule has 0 radical (unpaired) electrons. The van der Waals surface area contributed by atoms with Gasteiger partial charge >= 0.3 is 18.2 Å². The van der Waals surface area contributed by atoms with Gasteiger partial charge in [0.05, 0.1) is 5.56 Å². The zero-order chi connectivity index (χ0) is 19.9. The largest absolute Gasteiger partial charge is 0.480 e. The van der Waals surface area contributed by atoms with E-state index in [9.17, 15) is 27.6 Å². The Hall–Kier alpha value is -2.78. The molecule has 26 heavy (non-hydrogen) atoms. The molecule has 1 aromatic carbocycles. The molecule has 0 fully saturated rings. The first kappa shape index (κ1) is 21.3. The fraction of sp³-hybridized carbons (Fsp3) is 0.438. The van der Waals surface area contributed by atoms with Crippen LogP contribution in [0.15, 0.2) is 24.3 Å². The van der Waals surface area contributed by atoms with Crippen LogP contribution in [-0.2, 0) is 15.8 Å². The summed E-state index contributed by atoms with van der Waals surface area (Å²) >= 11 is 0. The van der Waals surface area contributed by atoms with Crippen molar-refractivity contribution in [3.63, 3.8) is 0 Å². The minimum atomic E-state index is -4.48. The van der Waals surface area contributed by atoms with E-state index < -0.39 is 42.2 Å². The maximum atomic E-state index is 12.5. The van der Waals surface area contributed by atoms with E-state index in [4.69, 9.17) is 5.11 Å². The van der Waals surface area contributed by atoms with E-state index in [1.54, 1.807) is 0 Å². The van der Waals surface area contributed by atoms with Crippen molar-refractivity contribution in [2.75, 3.05) is 11.9 Å². The predicted molar refractivity (Wildman–Crippen MR) is 87.5 cm³/mol. The summed E-state index contributed by atoms with van der Waals surface area (Å²) in [7, 11) is 0. The molecule has 0 aliphatic heterocycles. The monoisotopic (exact) mass is 375 g/mol. The first-order valence-electron chi connectivity index (χ1n) is 7.73. The van der Waals surface area contributed by atoms with Gasteiger partial charge in [-0.3, -0.25) is 9.59 Å². The molecule has 1 rings (SSSR count). The Balaban J connectivity index is 2.70. The third kappa shape index (κ3) is 7.41. The molecule has 4 N–H and O–H groups in total. The van der Waals surface area contributed by atoms with Crippen molar-refractivity contribution in [3.8, 4) is 0 Å². The van der Waals surface area contributed by atoms with Crippen LogP contribution >= 0.6 is 0 Å². The number of halogens is 3. The molecule has 0 bridgehead atoms. The minimum Gasteiger partial charge on any atom is -0.480 e. The number of hydrogen-bond donors (Lipinski definition) is 4. The molecule has 0 aliphatic carbocycles. The van der Waals surface area contributed by atoms with Gasteiger partial charge in [0.1, 0.15) is 12.6 Å². The first-order valence-corrected chi connectivity index (χ1v) is 7.73. The number of carboxylic acids is 1. The zero-order valence-corrected chi connectivity index (χ0v) is 14.2. The van der Waals surface area contributed by atoms with Crippen molar-refractivity contribution in [1.82, 2.24) is 10.6 Å². The third-order valence-corrected chi connectivity index (χ3v) is 3.21. The standard InChI is InChI=1S/C16H20F3N3O4/c1-9(2)7-12(14(25)20-8-13(23)24)22-15(26)21-11-5-3-10(4-6-11)16(17,18)19/h3-6,9,12H,7-8H2,1-2H3,(H,20,25)(H,23,24)(H2,21,22,26). The Morgan fingerprint density at radius 3 is 2.15 bits per heavy atom. The molecule has 1 unspecified atom stereocenters. The van der Waals surface area contributed by atoms with Crippen molar-refractivity contribution in [1.29, 1.82) is 0 Å². The molecular formula is C16H20F3N3O4. The fourth-order valence-corrected chi connectivity index (χ4v) is 2.06. The van der Waals surface area contributed by atoms with Crippen molar-refractivity contribution in [2.45, 2.75) is 32.5 Å². The molecule has 0 spiro atoms. The van der Waals surface area contributed by atoms with Crippen LogP contribution in [0.4, 0.5) is 23.7 Å². The number of nitrogens with one attached hydrogen (secondary N) is 3. The number of carbonyl (C=O) groups excluding carboxylic acids is 2. The molecule has 0 saturated heterocycles. The number of rotatable bonds is 7. The van der Waals surface area contributed by atoms with Gasteiger partial charge in [-0.2, -0.15) is 13.2 Å². The summed E-state index contributed by atoms with van der Waals surface area (Å²) < 4.78 is 37.5. The summed E-state index contributed by atoms with van der Waals surface area (Å²) in [6.07, 6.45) is -4.22. The molecule has 144 valence electrons. The number of aliphatic carboxylic acids is 1. The molecule has 1 aromatic rings. The zero-order valence-electron chi connectivity index (χ0n) is 14.2. The fourth-order valence-electron chi connectivity index (χ4n) is 2.06. The number of alkyl halides is 3. The Morgan fingerprint density at radius 2 is 1.69 bits per heavy atom. The summed E-state index contributed by atoms with van der Waals surface area (Å²) in [5.74, 6) is -1.86. The number of hydrogen-bond acceptors (Lipinski definition) is 3. The smallest absolute Gasteiger partial charge is 0.416 e. The molecule has 7 nitrogen and oxygen atoms in total. The predicted octanol–water partition coefficient (Wildman–Crippen LogP) is 2.44. The minimum absolute atomic E-state index is 0.0296. The lowest BCUT2D eigenvalue weighted by Gasteiger charge is -2.20. The van der Waals surface area contributed by atoms with E-state index in [1.165, 1.54) is 0 Å². The number of amides is 3. The summed E-state index contributed by atoms with van der Waals surface area (Å²) in [6.45, 7) is 3.04. The normalized spacial score (nSPS) is 12.4. The molecule has 0 aliphatic rings. The second-order valence-electron chi connectivity index (χ2n) is 5.97. The summed E-state index contributed by atoms with van der Waals surface area (Å²) in [6, 6.07) is 2.04. The Morgan fingerprint density at radius 1 is 1.12 bits per heavy atom. The van der Waals surface area contributed by atoms with Crippen LogP contribution in [0.1, 0.15) is 25.8 Å². The number of benzene rings is 1. The molecule has 0 aromatic heterocycles. The summed E-state index contributed by atoms with van der Waals surface area (Å²) in [5.41, 5.74) is -0.737. The number of anilines is 1. The summed E-state index contributed by atoms with van der Waals surface area (Å²) in [4.78, 5) is 34.5. The second-order valence-corrected chi connectivity index (χ2v) is 5.97. The Bertz CT molecular complexity index is 645. The van der Waals surface area contributed by atoms with Gasteiger partial charge in [0.2, 0.25) is 5.91 Å². The SMILES string of the molecule is CC(C)CC(NC(=O)Nc1ccc(C(F)(F)F)cc1)C(=O)NCC(=O)O. The number of carbonyl (C=O) groups is 3. The first-order chi connectivity index (χ1) is 12.0. The van der Waals surface area contributed by atoms with E-state index in [0.717, 1.165) is 24.3 Å². The third-order valence-electron chi connectivity index (χ3n) is 3.21. The van der Waals surface area contributed by atoms with Crippen molar-refractivity contribution >= 4 is 23.6 Å². The van der Waals surface area contributed by atoms with E-state index in [1.807, 2.05) is 13.8 Å². The van der Waals surface area contributed by atoms with E-state index in [0.29, 0.717) is 0 Å². The lowest BCUT2D eigenvalue weighted by Crippen LogP contribution is -2.49.